The van der Waals surface area contributed by atoms with Gasteiger partial charge in [-0.3, -0.25) is 9.59 Å². The number of carbonyl (C=O) groups excluding carboxylic acids is 2. The average Bonchev–Trinajstić information content (AvgIpc) is 3.35. The lowest BCUT2D eigenvalue weighted by Crippen LogP contribution is -2.42. The van der Waals surface area contributed by atoms with Crippen molar-refractivity contribution in [3.8, 4) is 11.5 Å². The fraction of sp³-hybridized carbons (Fsp3) is 0.300. The summed E-state index contributed by atoms with van der Waals surface area (Å²) < 4.78 is 19.7. The van der Waals surface area contributed by atoms with Crippen molar-refractivity contribution >= 4 is 22.9 Å². The number of aryl methyl sites for hydroxylation is 1. The summed E-state index contributed by atoms with van der Waals surface area (Å²) in [5, 5.41) is 2.85. The van der Waals surface area contributed by atoms with Gasteiger partial charge in [0.25, 0.3) is 5.91 Å². The number of nitrogens with zero attached hydrogens (tertiary/aromatic N) is 2. The fourth-order valence-corrected chi connectivity index (χ4v) is 4.86. The van der Waals surface area contributed by atoms with Crippen LogP contribution in [0.1, 0.15) is 41.3 Å². The Bertz CT molecular complexity index is 1420. The number of oxazole rings is 1. The number of carbonyl (C=O) groups is 2. The molecule has 7 heteroatoms. The highest BCUT2D eigenvalue weighted by Crippen LogP contribution is 2.28. The molecule has 1 atom stereocenters. The molecule has 3 aromatic carbocycles. The monoisotopic (exact) mass is 499 g/mol. The van der Waals surface area contributed by atoms with Gasteiger partial charge in [0.1, 0.15) is 11.3 Å². The highest BCUT2D eigenvalue weighted by Gasteiger charge is 2.30. The van der Waals surface area contributed by atoms with Crippen molar-refractivity contribution < 1.29 is 18.4 Å². The summed E-state index contributed by atoms with van der Waals surface area (Å²) >= 11 is 0. The lowest BCUT2D eigenvalue weighted by atomic mass is 9.84. The van der Waals surface area contributed by atoms with E-state index in [0.29, 0.717) is 41.2 Å². The molecule has 0 spiro atoms. The van der Waals surface area contributed by atoms with Crippen molar-refractivity contribution in [3.05, 3.63) is 89.2 Å². The van der Waals surface area contributed by atoms with Crippen molar-refractivity contribution in [2.75, 3.05) is 13.1 Å². The van der Waals surface area contributed by atoms with Gasteiger partial charge in [0.15, 0.2) is 5.58 Å². The zero-order chi connectivity index (χ0) is 25.9. The molecule has 1 saturated heterocycles. The van der Waals surface area contributed by atoms with Crippen LogP contribution in [0.5, 0.6) is 0 Å². The van der Waals surface area contributed by atoms with Gasteiger partial charge in [-0.1, -0.05) is 42.8 Å². The van der Waals surface area contributed by atoms with E-state index in [9.17, 15) is 14.0 Å². The quantitative estimate of drug-likeness (QED) is 0.367. The van der Waals surface area contributed by atoms with Gasteiger partial charge in [0, 0.05) is 42.2 Å². The lowest BCUT2D eigenvalue weighted by Gasteiger charge is -2.34. The van der Waals surface area contributed by atoms with Crippen LogP contribution in [-0.4, -0.2) is 34.8 Å². The number of nitrogens with one attached hydrogen (secondary N) is 1. The molecule has 0 aliphatic carbocycles. The SMILES string of the molecule is Cc1ccc(-c2nc3cc(C(=O)N4CCC(C(C)C(=O)NCc5ccccc5F)CC4)ccc3o2)cc1. The lowest BCUT2D eigenvalue weighted by molar-refractivity contribution is -0.126. The van der Waals surface area contributed by atoms with Gasteiger partial charge in [0.2, 0.25) is 11.8 Å². The third-order valence-corrected chi connectivity index (χ3v) is 7.29. The van der Waals surface area contributed by atoms with E-state index in [0.717, 1.165) is 24.0 Å². The Hall–Kier alpha value is -4.00. The van der Waals surface area contributed by atoms with Crippen molar-refractivity contribution in [1.82, 2.24) is 15.2 Å². The third-order valence-electron chi connectivity index (χ3n) is 7.29. The minimum Gasteiger partial charge on any atom is -0.436 e. The summed E-state index contributed by atoms with van der Waals surface area (Å²) in [5.41, 5.74) is 4.39. The van der Waals surface area contributed by atoms with Crippen LogP contribution in [-0.2, 0) is 11.3 Å². The van der Waals surface area contributed by atoms with E-state index in [1.165, 1.54) is 6.07 Å². The van der Waals surface area contributed by atoms with E-state index in [2.05, 4.69) is 10.3 Å². The predicted molar refractivity (Wildman–Crippen MR) is 140 cm³/mol. The van der Waals surface area contributed by atoms with Gasteiger partial charge >= 0.3 is 0 Å². The number of aromatic nitrogens is 1. The molecular weight excluding hydrogens is 469 g/mol. The topological polar surface area (TPSA) is 75.4 Å². The number of piperidine rings is 1. The first-order valence-electron chi connectivity index (χ1n) is 12.7. The molecule has 37 heavy (non-hydrogen) atoms. The fourth-order valence-electron chi connectivity index (χ4n) is 4.86. The van der Waals surface area contributed by atoms with Crippen LogP contribution in [0, 0.1) is 24.6 Å². The number of hydrogen-bond donors (Lipinski definition) is 1. The van der Waals surface area contributed by atoms with E-state index >= 15 is 0 Å². The van der Waals surface area contributed by atoms with Crippen LogP contribution in [0.3, 0.4) is 0 Å². The molecule has 1 aliphatic heterocycles. The molecule has 0 saturated carbocycles. The van der Waals surface area contributed by atoms with E-state index in [4.69, 9.17) is 4.42 Å². The molecule has 4 aromatic rings. The first-order valence-corrected chi connectivity index (χ1v) is 12.7. The van der Waals surface area contributed by atoms with Crippen molar-refractivity contribution in [2.24, 2.45) is 11.8 Å². The van der Waals surface area contributed by atoms with Gasteiger partial charge in [-0.15, -0.1) is 0 Å². The number of likely N-dealkylation sites (tertiary alicyclic amines) is 1. The van der Waals surface area contributed by atoms with E-state index in [-0.39, 0.29) is 36.0 Å². The van der Waals surface area contributed by atoms with E-state index < -0.39 is 0 Å². The molecular formula is C30H30FN3O3. The molecule has 5 rings (SSSR count). The highest BCUT2D eigenvalue weighted by molar-refractivity contribution is 5.97. The molecule has 1 fully saturated rings. The third kappa shape index (κ3) is 5.40. The van der Waals surface area contributed by atoms with E-state index in [1.54, 1.807) is 36.4 Å². The standard InChI is InChI=1S/C30H30FN3O3/c1-19-7-9-22(10-8-19)29-33-26-17-23(11-12-27(26)37-29)30(36)34-15-13-21(14-16-34)20(2)28(35)32-18-24-5-3-4-6-25(24)31/h3-12,17,20-21H,13-16,18H2,1-2H3,(H,32,35). The Morgan fingerprint density at radius 3 is 2.54 bits per heavy atom. The molecule has 1 aromatic heterocycles. The average molecular weight is 500 g/mol. The largest absolute Gasteiger partial charge is 0.436 e. The summed E-state index contributed by atoms with van der Waals surface area (Å²) in [6, 6.07) is 19.8. The van der Waals surface area contributed by atoms with Crippen LogP contribution in [0.25, 0.3) is 22.6 Å². The van der Waals surface area contributed by atoms with Crippen LogP contribution < -0.4 is 5.32 Å². The molecule has 2 heterocycles. The van der Waals surface area contributed by atoms with Crippen LogP contribution in [0.2, 0.25) is 0 Å². The van der Waals surface area contributed by atoms with Gasteiger partial charge in [0.05, 0.1) is 0 Å². The predicted octanol–water partition coefficient (Wildman–Crippen LogP) is 5.75. The maximum atomic E-state index is 13.8. The zero-order valence-corrected chi connectivity index (χ0v) is 21.0. The Labute approximate surface area is 215 Å². The Morgan fingerprint density at radius 1 is 1.08 bits per heavy atom. The molecule has 1 N–H and O–H groups in total. The first kappa shape index (κ1) is 24.7. The molecule has 1 unspecified atom stereocenters. The van der Waals surface area contributed by atoms with Gasteiger partial charge in [-0.05, 0) is 62.1 Å². The molecule has 6 nitrogen and oxygen atoms in total. The normalized spacial score (nSPS) is 15.1. The Morgan fingerprint density at radius 2 is 1.81 bits per heavy atom. The van der Waals surface area contributed by atoms with Crippen LogP contribution >= 0.6 is 0 Å². The smallest absolute Gasteiger partial charge is 0.253 e. The number of halogens is 1. The van der Waals surface area contributed by atoms with Crippen LogP contribution in [0.15, 0.2) is 71.1 Å². The summed E-state index contributed by atoms with van der Waals surface area (Å²) in [4.78, 5) is 32.3. The maximum absolute atomic E-state index is 13.8. The number of benzene rings is 3. The van der Waals surface area contributed by atoms with Gasteiger partial charge < -0.3 is 14.6 Å². The molecule has 1 aliphatic rings. The van der Waals surface area contributed by atoms with Gasteiger partial charge in [-0.2, -0.15) is 0 Å². The zero-order valence-electron chi connectivity index (χ0n) is 21.0. The minimum absolute atomic E-state index is 0.0445. The highest BCUT2D eigenvalue weighted by atomic mass is 19.1. The maximum Gasteiger partial charge on any atom is 0.253 e. The second-order valence-corrected chi connectivity index (χ2v) is 9.80. The van der Waals surface area contributed by atoms with Crippen molar-refractivity contribution in [2.45, 2.75) is 33.2 Å². The second-order valence-electron chi connectivity index (χ2n) is 9.80. The van der Waals surface area contributed by atoms with E-state index in [1.807, 2.05) is 43.0 Å². The first-order chi connectivity index (χ1) is 17.9. The van der Waals surface area contributed by atoms with Crippen LogP contribution in [0.4, 0.5) is 4.39 Å². The summed E-state index contributed by atoms with van der Waals surface area (Å²) in [6.07, 6.45) is 1.48. The molecule has 0 radical (unpaired) electrons. The molecule has 0 bridgehead atoms. The summed E-state index contributed by atoms with van der Waals surface area (Å²) in [5.74, 6) is 0.0291. The number of hydrogen-bond acceptors (Lipinski definition) is 4. The Kier molecular flexibility index (Phi) is 7.04. The minimum atomic E-state index is -0.322. The Balaban J connectivity index is 1.18. The molecule has 2 amide bonds. The number of rotatable bonds is 6. The molecule has 190 valence electrons. The number of amides is 2. The van der Waals surface area contributed by atoms with Crippen molar-refractivity contribution in [1.29, 1.82) is 0 Å². The summed E-state index contributed by atoms with van der Waals surface area (Å²) in [7, 11) is 0. The number of fused-ring (bicyclic) bond motifs is 1. The summed E-state index contributed by atoms with van der Waals surface area (Å²) in [6.45, 7) is 5.27. The van der Waals surface area contributed by atoms with Crippen molar-refractivity contribution in [3.63, 3.8) is 0 Å². The van der Waals surface area contributed by atoms with Gasteiger partial charge in [-0.25, -0.2) is 9.37 Å². The second kappa shape index (κ2) is 10.5.